The van der Waals surface area contributed by atoms with E-state index in [0.29, 0.717) is 50.8 Å². The van der Waals surface area contributed by atoms with Gasteiger partial charge in [0.1, 0.15) is 47.8 Å². The minimum absolute atomic E-state index is 0.00685. The number of nitrogens with zero attached hydrogens (tertiary/aromatic N) is 9. The van der Waals surface area contributed by atoms with E-state index >= 15 is 19.2 Å². The molecule has 0 aromatic heterocycles. The highest BCUT2D eigenvalue weighted by Crippen LogP contribution is 2.37. The van der Waals surface area contributed by atoms with Crippen molar-refractivity contribution in [1.82, 2.24) is 60.0 Å². The molecule has 0 bridgehead atoms. The molecule has 24 nitrogen and oxygen atoms in total. The number of likely N-dealkylation sites (tertiary alicyclic amines) is 1. The van der Waals surface area contributed by atoms with Gasteiger partial charge in [-0.05, 0) is 112 Å². The second kappa shape index (κ2) is 37.2. The van der Waals surface area contributed by atoms with Crippen molar-refractivity contribution >= 4 is 94.1 Å². The lowest BCUT2D eigenvalue weighted by molar-refractivity contribution is -0.156. The summed E-state index contributed by atoms with van der Waals surface area (Å²) in [7, 11) is 9.67. The number of amides is 12. The van der Waals surface area contributed by atoms with Crippen LogP contribution in [0.3, 0.4) is 0 Å². The molecular weight excluding hydrogens is 1360 g/mol. The van der Waals surface area contributed by atoms with Crippen molar-refractivity contribution in [2.45, 2.75) is 211 Å². The maximum atomic E-state index is 15.7. The molecule has 3 N–H and O–H groups in total. The molecule has 6 rings (SSSR count). The summed E-state index contributed by atoms with van der Waals surface area (Å²) in [4.78, 5) is 190. The molecule has 8 atom stereocenters. The minimum Gasteiger partial charge on any atom is -0.343 e. The molecular formula is C73H107Cl2F3N12O12. The fraction of sp³-hybridized carbons (Fsp3) is 0.671. The number of nitrogens with one attached hydrogen (secondary N) is 3. The van der Waals surface area contributed by atoms with E-state index in [4.69, 9.17) is 23.2 Å². The lowest BCUT2D eigenvalue weighted by atomic mass is 9.84. The highest BCUT2D eigenvalue weighted by molar-refractivity contribution is 6.31. The second-order valence-electron chi connectivity index (χ2n) is 28.8. The van der Waals surface area contributed by atoms with Crippen molar-refractivity contribution in [1.29, 1.82) is 0 Å². The van der Waals surface area contributed by atoms with Gasteiger partial charge in [-0.2, -0.15) is 13.2 Å². The van der Waals surface area contributed by atoms with Crippen LogP contribution in [0.15, 0.2) is 42.5 Å². The fourth-order valence-corrected chi connectivity index (χ4v) is 14.9. The third kappa shape index (κ3) is 21.1. The maximum absolute atomic E-state index is 15.7. The number of hydrogen-bond acceptors (Lipinski definition) is 12. The number of halogens is 5. The van der Waals surface area contributed by atoms with Crippen LogP contribution in [-0.2, 0) is 76.6 Å². The van der Waals surface area contributed by atoms with Crippen molar-refractivity contribution < 1.29 is 70.7 Å². The summed E-state index contributed by atoms with van der Waals surface area (Å²) in [6, 6.07) is 0.279. The Kier molecular flexibility index (Phi) is 30.4. The number of piperidine rings is 1. The Balaban J connectivity index is 1.47. The zero-order valence-corrected chi connectivity index (χ0v) is 63.1. The second-order valence-corrected chi connectivity index (χ2v) is 29.6. The van der Waals surface area contributed by atoms with Crippen molar-refractivity contribution in [3.05, 3.63) is 69.2 Å². The molecule has 2 saturated carbocycles. The van der Waals surface area contributed by atoms with E-state index < -0.39 is 173 Å². The van der Waals surface area contributed by atoms with Gasteiger partial charge in [0.15, 0.2) is 0 Å². The lowest BCUT2D eigenvalue weighted by Gasteiger charge is -2.42. The average molecular weight is 1470 g/mol. The summed E-state index contributed by atoms with van der Waals surface area (Å²) in [5, 5.41) is 8.23. The Morgan fingerprint density at radius 1 is 0.637 bits per heavy atom. The van der Waals surface area contributed by atoms with Gasteiger partial charge in [0.05, 0.1) is 36.6 Å². The molecule has 2 aliphatic carbocycles. The Bertz CT molecular complexity index is 3340. The van der Waals surface area contributed by atoms with Crippen molar-refractivity contribution in [3.8, 4) is 0 Å². The molecule has 0 radical (unpaired) electrons. The number of carbonyl (C=O) groups is 12. The van der Waals surface area contributed by atoms with Gasteiger partial charge in [0.25, 0.3) is 0 Å². The molecule has 2 aromatic carbocycles. The fourth-order valence-electron chi connectivity index (χ4n) is 14.4. The molecule has 102 heavy (non-hydrogen) atoms. The lowest BCUT2D eigenvalue weighted by Crippen LogP contribution is -2.65. The predicted molar refractivity (Wildman–Crippen MR) is 380 cm³/mol. The summed E-state index contributed by atoms with van der Waals surface area (Å²) in [6.07, 6.45) is 2.02. The van der Waals surface area contributed by atoms with E-state index in [0.717, 1.165) is 75.2 Å². The molecule has 0 unspecified atom stereocenters. The quantitative estimate of drug-likeness (QED) is 0.203. The van der Waals surface area contributed by atoms with E-state index in [9.17, 15) is 51.5 Å². The molecule has 2 saturated heterocycles. The topological polar surface area (TPSA) is 270 Å². The number of hydrogen-bond donors (Lipinski definition) is 3. The van der Waals surface area contributed by atoms with Crippen LogP contribution in [-0.4, -0.2) is 251 Å². The SMILES string of the molecule is CC[C@H](C)[C@@H]1NC(=O)[C@H](C)N(C)C(=O)C[C@@H](C(=O)N2CCCCC2)N(C)C(=O)[C@H](C(C)C)N(C)C(=O)C2(CCCC2)NC(=O)[C@H](Cc2ccccc2Cl)N(CC)C(=O)[C@H](CCc2ccc(C(F)(F)F)c(Cl)c2)NC(=O)CN(C)C(=O)[C@H](CC2CCCCC2)N(C)C(=O)CN(C)C(=O)CN(C)C1=O. The molecule has 4 fully saturated rings. The maximum Gasteiger partial charge on any atom is 0.417 e. The average Bonchev–Trinajstić information content (AvgIpc) is 1.42. The minimum atomic E-state index is -4.79. The van der Waals surface area contributed by atoms with Crippen LogP contribution < -0.4 is 16.0 Å². The van der Waals surface area contributed by atoms with Crippen LogP contribution >= 0.6 is 23.2 Å². The molecule has 2 aliphatic heterocycles. The predicted octanol–water partition coefficient (Wildman–Crippen LogP) is 6.60. The van der Waals surface area contributed by atoms with Crippen molar-refractivity contribution in [2.24, 2.45) is 17.8 Å². The largest absolute Gasteiger partial charge is 0.417 e. The Morgan fingerprint density at radius 3 is 1.83 bits per heavy atom. The molecule has 2 heterocycles. The summed E-state index contributed by atoms with van der Waals surface area (Å²) >= 11 is 13.0. The smallest absolute Gasteiger partial charge is 0.343 e. The molecule has 566 valence electrons. The highest BCUT2D eigenvalue weighted by atomic mass is 35.5. The molecule has 12 amide bonds. The molecule has 4 aliphatic rings. The zero-order chi connectivity index (χ0) is 75.8. The first-order valence-electron chi connectivity index (χ1n) is 35.9. The van der Waals surface area contributed by atoms with E-state index in [1.165, 1.54) is 77.0 Å². The number of rotatable bonds is 12. The van der Waals surface area contributed by atoms with Crippen LogP contribution in [0, 0.1) is 17.8 Å². The number of aryl methyl sites for hydroxylation is 1. The van der Waals surface area contributed by atoms with Crippen LogP contribution in [0.5, 0.6) is 0 Å². The standard InChI is InChI=1S/C73H107Cl2F3N12O12/c1-14-46(5)62-69(100)84(9)43-60(93)82(7)44-61(94)86(11)56(39-48-26-18-16-19-27-48)67(98)83(8)42-58(91)79-54(33-31-49-30-32-51(53(75)38-49)73(76,77)78)66(97)90(15-2)55(40-50-28-20-21-29-52(50)74)65(96)81-72(34-22-23-35-72)71(102)88(13)63(45(3)4)70(101)87(12)57(68(99)89-36-24-17-25-37-89)41-59(92)85(10)47(6)64(95)80-62/h20-21,28-30,32,38,45-48,54-57,62-63H,14-19,22-27,31,33-37,39-44H2,1-13H3,(H,79,91)(H,80,95)(H,81,96)/t46-,47-,54-,55-,56-,57-,62-,63-/m0/s1. The first-order chi connectivity index (χ1) is 48.0. The zero-order valence-electron chi connectivity index (χ0n) is 61.6. The van der Waals surface area contributed by atoms with Gasteiger partial charge in [-0.15, -0.1) is 0 Å². The van der Waals surface area contributed by atoms with Gasteiger partial charge in [-0.3, -0.25) is 57.5 Å². The summed E-state index contributed by atoms with van der Waals surface area (Å²) < 4.78 is 41.9. The first kappa shape index (κ1) is 83.4. The monoisotopic (exact) mass is 1470 g/mol. The third-order valence-corrected chi connectivity index (χ3v) is 21.9. The van der Waals surface area contributed by atoms with Crippen LogP contribution in [0.4, 0.5) is 13.2 Å². The van der Waals surface area contributed by atoms with Gasteiger partial charge in [-0.1, -0.05) is 127 Å². The van der Waals surface area contributed by atoms with Crippen molar-refractivity contribution in [2.75, 3.05) is 88.6 Å². The summed E-state index contributed by atoms with van der Waals surface area (Å²) in [6.45, 7) is 8.73. The summed E-state index contributed by atoms with van der Waals surface area (Å²) in [5.41, 5.74) is -2.12. The van der Waals surface area contributed by atoms with E-state index in [-0.39, 0.29) is 61.6 Å². The van der Waals surface area contributed by atoms with Gasteiger partial charge in [-0.25, -0.2) is 0 Å². The van der Waals surface area contributed by atoms with Crippen LogP contribution in [0.1, 0.15) is 161 Å². The van der Waals surface area contributed by atoms with Crippen LogP contribution in [0.25, 0.3) is 0 Å². The normalized spacial score (nSPS) is 25.0. The molecule has 29 heteroatoms. The van der Waals surface area contributed by atoms with Crippen molar-refractivity contribution in [3.63, 3.8) is 0 Å². The summed E-state index contributed by atoms with van der Waals surface area (Å²) in [5.74, 6) is -9.64. The van der Waals surface area contributed by atoms with Gasteiger partial charge in [0, 0.05) is 80.4 Å². The van der Waals surface area contributed by atoms with E-state index in [1.54, 1.807) is 56.9 Å². The first-order valence-corrected chi connectivity index (χ1v) is 36.6. The molecule has 2 aromatic rings. The van der Waals surface area contributed by atoms with E-state index in [2.05, 4.69) is 16.0 Å². The number of likely N-dealkylation sites (N-methyl/N-ethyl adjacent to an activating group) is 8. The van der Waals surface area contributed by atoms with Gasteiger partial charge >= 0.3 is 6.18 Å². The van der Waals surface area contributed by atoms with E-state index in [1.807, 2.05) is 6.92 Å². The number of benzene rings is 2. The Hall–Kier alpha value is -7.55. The van der Waals surface area contributed by atoms with Gasteiger partial charge < -0.3 is 60.0 Å². The third-order valence-electron chi connectivity index (χ3n) is 21.2. The number of carbonyl (C=O) groups excluding carboxylic acids is 12. The van der Waals surface area contributed by atoms with Gasteiger partial charge in [0.2, 0.25) is 70.9 Å². The Labute approximate surface area is 608 Å². The highest BCUT2D eigenvalue weighted by Gasteiger charge is 2.50. The number of alkyl halides is 3. The van der Waals surface area contributed by atoms with Crippen LogP contribution in [0.2, 0.25) is 10.0 Å². The molecule has 1 spiro atoms. The Morgan fingerprint density at radius 2 is 1.25 bits per heavy atom.